The lowest BCUT2D eigenvalue weighted by Gasteiger charge is -2.01. The topological polar surface area (TPSA) is 52.4 Å². The summed E-state index contributed by atoms with van der Waals surface area (Å²) in [7, 11) is 0. The van der Waals surface area contributed by atoms with Crippen molar-refractivity contribution in [2.24, 2.45) is 0 Å². The summed E-state index contributed by atoms with van der Waals surface area (Å²) in [6, 6.07) is 4.07. The van der Waals surface area contributed by atoms with Gasteiger partial charge < -0.3 is 4.74 Å². The van der Waals surface area contributed by atoms with E-state index in [2.05, 4.69) is 0 Å². The normalized spacial score (nSPS) is 9.69. The van der Waals surface area contributed by atoms with E-state index in [-0.39, 0.29) is 16.8 Å². The van der Waals surface area contributed by atoms with Gasteiger partial charge in [-0.25, -0.2) is 0 Å². The molecule has 70 valence electrons. The standard InChI is InChI=1S/C7H5Cl2NO3/c8-4-13-5-1-2-6(9)7(3-5)10(11)12/h1-3H,4H2. The van der Waals surface area contributed by atoms with Crippen molar-refractivity contribution in [3.63, 3.8) is 0 Å². The molecule has 13 heavy (non-hydrogen) atoms. The highest BCUT2D eigenvalue weighted by atomic mass is 35.5. The molecule has 1 rings (SSSR count). The van der Waals surface area contributed by atoms with Crippen LogP contribution in [0.1, 0.15) is 0 Å². The summed E-state index contributed by atoms with van der Waals surface area (Å²) in [6.07, 6.45) is 0. The molecule has 0 aliphatic carbocycles. The van der Waals surface area contributed by atoms with Gasteiger partial charge in [0.15, 0.2) is 6.07 Å². The Morgan fingerprint density at radius 3 is 2.77 bits per heavy atom. The van der Waals surface area contributed by atoms with Gasteiger partial charge in [0.25, 0.3) is 5.69 Å². The molecule has 0 spiro atoms. The summed E-state index contributed by atoms with van der Waals surface area (Å²) in [5.41, 5.74) is -0.190. The van der Waals surface area contributed by atoms with Crippen LogP contribution in [-0.4, -0.2) is 11.0 Å². The van der Waals surface area contributed by atoms with Crippen LogP contribution in [0.25, 0.3) is 0 Å². The molecular formula is C7H5Cl2NO3. The van der Waals surface area contributed by atoms with Crippen LogP contribution in [0.5, 0.6) is 5.75 Å². The molecule has 0 saturated carbocycles. The monoisotopic (exact) mass is 221 g/mol. The fraction of sp³-hybridized carbons (Fsp3) is 0.143. The van der Waals surface area contributed by atoms with Crippen LogP contribution in [0.2, 0.25) is 5.02 Å². The summed E-state index contributed by atoms with van der Waals surface area (Å²) in [6.45, 7) is 0. The summed E-state index contributed by atoms with van der Waals surface area (Å²) in [5.74, 6) is 0.325. The van der Waals surface area contributed by atoms with E-state index < -0.39 is 4.92 Å². The molecule has 0 amide bonds. The fourth-order valence-corrected chi connectivity index (χ4v) is 1.10. The van der Waals surface area contributed by atoms with Gasteiger partial charge in [-0.05, 0) is 12.1 Å². The SMILES string of the molecule is O=[N+]([O-])c1cc(OCCl)ccc1Cl. The Balaban J connectivity index is 3.04. The van der Waals surface area contributed by atoms with Crippen LogP contribution >= 0.6 is 23.2 Å². The average Bonchev–Trinajstić information content (AvgIpc) is 2.08. The minimum Gasteiger partial charge on any atom is -0.478 e. The van der Waals surface area contributed by atoms with E-state index in [9.17, 15) is 10.1 Å². The van der Waals surface area contributed by atoms with E-state index in [0.717, 1.165) is 0 Å². The summed E-state index contributed by atoms with van der Waals surface area (Å²) in [5, 5.41) is 10.5. The Kier molecular flexibility index (Phi) is 3.33. The summed E-state index contributed by atoms with van der Waals surface area (Å²) in [4.78, 5) is 9.83. The predicted octanol–water partition coefficient (Wildman–Crippen LogP) is 2.82. The highest BCUT2D eigenvalue weighted by molar-refractivity contribution is 6.32. The lowest BCUT2D eigenvalue weighted by atomic mass is 10.3. The number of ether oxygens (including phenoxy) is 1. The molecule has 0 bridgehead atoms. The molecule has 1 aromatic rings. The minimum atomic E-state index is -0.580. The molecule has 0 radical (unpaired) electrons. The maximum absolute atomic E-state index is 10.4. The van der Waals surface area contributed by atoms with Crippen LogP contribution in [0, 0.1) is 10.1 Å². The van der Waals surface area contributed by atoms with Gasteiger partial charge in [0.1, 0.15) is 10.8 Å². The molecule has 4 nitrogen and oxygen atoms in total. The third-order valence-corrected chi connectivity index (χ3v) is 1.76. The molecule has 0 unspecified atom stereocenters. The first-order valence-electron chi connectivity index (χ1n) is 3.28. The molecule has 0 saturated heterocycles. The van der Waals surface area contributed by atoms with Crippen LogP contribution < -0.4 is 4.74 Å². The number of nitro groups is 1. The zero-order chi connectivity index (χ0) is 9.84. The lowest BCUT2D eigenvalue weighted by Crippen LogP contribution is -1.92. The van der Waals surface area contributed by atoms with Gasteiger partial charge in [-0.3, -0.25) is 10.1 Å². The molecule has 1 aromatic carbocycles. The molecular weight excluding hydrogens is 217 g/mol. The molecule has 6 heteroatoms. The first-order chi connectivity index (χ1) is 6.15. The number of alkyl halides is 1. The fourth-order valence-electron chi connectivity index (χ4n) is 0.785. The van der Waals surface area contributed by atoms with Gasteiger partial charge in [0.2, 0.25) is 0 Å². The van der Waals surface area contributed by atoms with Crippen molar-refractivity contribution in [3.05, 3.63) is 33.3 Å². The Morgan fingerprint density at radius 1 is 1.54 bits per heavy atom. The lowest BCUT2D eigenvalue weighted by molar-refractivity contribution is -0.384. The Hall–Kier alpha value is -1.00. The number of rotatable bonds is 3. The van der Waals surface area contributed by atoms with Crippen LogP contribution in [0.3, 0.4) is 0 Å². The van der Waals surface area contributed by atoms with E-state index in [1.807, 2.05) is 0 Å². The maximum Gasteiger partial charge on any atom is 0.291 e. The molecule has 0 aliphatic rings. The largest absolute Gasteiger partial charge is 0.478 e. The number of nitrogens with zero attached hydrogens (tertiary/aromatic N) is 1. The summed E-state index contributed by atoms with van der Waals surface area (Å²) >= 11 is 10.8. The third kappa shape index (κ3) is 2.47. The zero-order valence-corrected chi connectivity index (χ0v) is 7.88. The molecule has 0 atom stereocenters. The first-order valence-corrected chi connectivity index (χ1v) is 4.19. The van der Waals surface area contributed by atoms with Gasteiger partial charge >= 0.3 is 0 Å². The molecule has 0 fully saturated rings. The average molecular weight is 222 g/mol. The van der Waals surface area contributed by atoms with Crippen molar-refractivity contribution in [2.75, 3.05) is 6.07 Å². The highest BCUT2D eigenvalue weighted by Crippen LogP contribution is 2.28. The smallest absolute Gasteiger partial charge is 0.291 e. The van der Waals surface area contributed by atoms with Gasteiger partial charge in [-0.15, -0.1) is 0 Å². The number of halogens is 2. The quantitative estimate of drug-likeness (QED) is 0.448. The van der Waals surface area contributed by atoms with Crippen molar-refractivity contribution in [3.8, 4) is 5.75 Å². The van der Waals surface area contributed by atoms with Crippen molar-refractivity contribution < 1.29 is 9.66 Å². The van der Waals surface area contributed by atoms with Crippen LogP contribution in [-0.2, 0) is 0 Å². The van der Waals surface area contributed by atoms with Crippen molar-refractivity contribution in [1.29, 1.82) is 0 Å². The maximum atomic E-state index is 10.4. The third-order valence-electron chi connectivity index (χ3n) is 1.34. The van der Waals surface area contributed by atoms with Gasteiger partial charge in [-0.2, -0.15) is 0 Å². The molecule has 0 aliphatic heterocycles. The molecule has 0 heterocycles. The second kappa shape index (κ2) is 4.30. The zero-order valence-electron chi connectivity index (χ0n) is 6.37. The minimum absolute atomic E-state index is 0.0568. The van der Waals surface area contributed by atoms with Crippen LogP contribution in [0.15, 0.2) is 18.2 Å². The summed E-state index contributed by atoms with van der Waals surface area (Å²) < 4.78 is 4.85. The van der Waals surface area contributed by atoms with Gasteiger partial charge in [-0.1, -0.05) is 23.2 Å². The van der Waals surface area contributed by atoms with Gasteiger partial charge in [0.05, 0.1) is 11.0 Å². The Bertz CT molecular complexity index is 330. The first kappa shape index (κ1) is 10.1. The van der Waals surface area contributed by atoms with Gasteiger partial charge in [0, 0.05) is 0 Å². The van der Waals surface area contributed by atoms with Crippen LogP contribution in [0.4, 0.5) is 5.69 Å². The second-order valence-corrected chi connectivity index (χ2v) is 2.75. The Labute approximate surface area is 84.2 Å². The molecule has 0 aromatic heterocycles. The predicted molar refractivity (Wildman–Crippen MR) is 49.5 cm³/mol. The number of hydrogen-bond donors (Lipinski definition) is 0. The van der Waals surface area contributed by atoms with E-state index in [1.54, 1.807) is 0 Å². The number of nitro benzene ring substituents is 1. The van der Waals surface area contributed by atoms with E-state index in [1.165, 1.54) is 18.2 Å². The second-order valence-electron chi connectivity index (χ2n) is 2.12. The highest BCUT2D eigenvalue weighted by Gasteiger charge is 2.12. The van der Waals surface area contributed by atoms with E-state index in [0.29, 0.717) is 5.75 Å². The van der Waals surface area contributed by atoms with Crippen molar-refractivity contribution in [2.45, 2.75) is 0 Å². The van der Waals surface area contributed by atoms with E-state index in [4.69, 9.17) is 27.9 Å². The number of hydrogen-bond acceptors (Lipinski definition) is 3. The van der Waals surface area contributed by atoms with E-state index >= 15 is 0 Å². The van der Waals surface area contributed by atoms with Crippen molar-refractivity contribution in [1.82, 2.24) is 0 Å². The Morgan fingerprint density at radius 2 is 2.23 bits per heavy atom. The van der Waals surface area contributed by atoms with Crippen molar-refractivity contribution >= 4 is 28.9 Å². The number of benzene rings is 1. The molecule has 0 N–H and O–H groups in total.